The van der Waals surface area contributed by atoms with Gasteiger partial charge in [0.2, 0.25) is 0 Å². The summed E-state index contributed by atoms with van der Waals surface area (Å²) in [5, 5.41) is 1.98. The van der Waals surface area contributed by atoms with Gasteiger partial charge in [0.1, 0.15) is 12.5 Å². The number of hydrazine groups is 1. The van der Waals surface area contributed by atoms with Crippen molar-refractivity contribution in [1.82, 2.24) is 9.99 Å². The van der Waals surface area contributed by atoms with Crippen LogP contribution in [0.25, 0.3) is 0 Å². The Morgan fingerprint density at radius 3 is 3.27 bits per heavy atom. The van der Waals surface area contributed by atoms with Crippen molar-refractivity contribution in [1.29, 1.82) is 0 Å². The van der Waals surface area contributed by atoms with Crippen LogP contribution in [0.5, 0.6) is 0 Å². The van der Waals surface area contributed by atoms with Crippen LogP contribution in [-0.2, 0) is 16.0 Å². The molecule has 5 heteroatoms. The maximum atomic E-state index is 5.40. The van der Waals surface area contributed by atoms with Crippen LogP contribution in [0.3, 0.4) is 0 Å². The first-order valence-electron chi connectivity index (χ1n) is 4.92. The van der Waals surface area contributed by atoms with Crippen molar-refractivity contribution in [2.45, 2.75) is 6.54 Å². The second-order valence-electron chi connectivity index (χ2n) is 3.35. The molecule has 0 aliphatic carbocycles. The minimum Gasteiger partial charge on any atom is -0.382 e. The second-order valence-corrected chi connectivity index (χ2v) is 3.35. The molecule has 2 rings (SSSR count). The predicted octanol–water partition coefficient (Wildman–Crippen LogP) is 0.845. The lowest BCUT2D eigenvalue weighted by Gasteiger charge is -2.15. The van der Waals surface area contributed by atoms with Crippen LogP contribution in [0.2, 0.25) is 0 Å². The standard InChI is InChI=1S/C10H15N3O2/c1-14-5-6-15-8-13-7-9-3-2-4-11-10(9)12-13/h2-4H,5-8H2,1H3,(H,11,12). The van der Waals surface area contributed by atoms with Gasteiger partial charge in [-0.2, -0.15) is 5.01 Å². The highest BCUT2D eigenvalue weighted by Gasteiger charge is 2.18. The highest BCUT2D eigenvalue weighted by molar-refractivity contribution is 5.46. The molecule has 1 aromatic rings. The third-order valence-electron chi connectivity index (χ3n) is 2.20. The van der Waals surface area contributed by atoms with Crippen molar-refractivity contribution in [3.8, 4) is 0 Å². The summed E-state index contributed by atoms with van der Waals surface area (Å²) in [7, 11) is 1.66. The van der Waals surface area contributed by atoms with Gasteiger partial charge in [-0.05, 0) is 6.07 Å². The molecule has 0 spiro atoms. The van der Waals surface area contributed by atoms with Gasteiger partial charge in [0.05, 0.1) is 13.2 Å². The quantitative estimate of drug-likeness (QED) is 0.728. The molecule has 1 aliphatic rings. The monoisotopic (exact) mass is 209 g/mol. The fourth-order valence-electron chi connectivity index (χ4n) is 1.46. The van der Waals surface area contributed by atoms with Crippen molar-refractivity contribution in [3.05, 3.63) is 23.9 Å². The van der Waals surface area contributed by atoms with Crippen molar-refractivity contribution >= 4 is 5.82 Å². The first-order valence-corrected chi connectivity index (χ1v) is 4.92. The van der Waals surface area contributed by atoms with Gasteiger partial charge in [0, 0.05) is 25.4 Å². The Morgan fingerprint density at radius 1 is 1.53 bits per heavy atom. The van der Waals surface area contributed by atoms with Crippen molar-refractivity contribution in [3.63, 3.8) is 0 Å². The molecule has 2 heterocycles. The Labute approximate surface area is 89.0 Å². The van der Waals surface area contributed by atoms with E-state index in [9.17, 15) is 0 Å². The summed E-state index contributed by atoms with van der Waals surface area (Å²) in [6, 6.07) is 4.00. The number of anilines is 1. The summed E-state index contributed by atoms with van der Waals surface area (Å²) in [4.78, 5) is 4.22. The largest absolute Gasteiger partial charge is 0.382 e. The van der Waals surface area contributed by atoms with E-state index < -0.39 is 0 Å². The molecule has 0 saturated carbocycles. The average Bonchev–Trinajstić information content (AvgIpc) is 2.67. The third kappa shape index (κ3) is 2.65. The molecular formula is C10H15N3O2. The van der Waals surface area contributed by atoms with E-state index in [1.165, 1.54) is 5.56 Å². The normalized spacial score (nSPS) is 15.0. The summed E-state index contributed by atoms with van der Waals surface area (Å²) >= 11 is 0. The molecule has 0 radical (unpaired) electrons. The van der Waals surface area contributed by atoms with Gasteiger partial charge in [-0.1, -0.05) is 6.07 Å². The Hall–Kier alpha value is -1.17. The van der Waals surface area contributed by atoms with Gasteiger partial charge < -0.3 is 14.9 Å². The Bertz CT molecular complexity index is 294. The predicted molar refractivity (Wildman–Crippen MR) is 56.1 cm³/mol. The Morgan fingerprint density at radius 2 is 2.47 bits per heavy atom. The average molecular weight is 209 g/mol. The lowest BCUT2D eigenvalue weighted by molar-refractivity contribution is 0.0132. The summed E-state index contributed by atoms with van der Waals surface area (Å²) in [6.07, 6.45) is 1.78. The van der Waals surface area contributed by atoms with E-state index in [0.29, 0.717) is 19.9 Å². The molecule has 5 nitrogen and oxygen atoms in total. The number of aromatic nitrogens is 1. The number of methoxy groups -OCH3 is 1. The van der Waals surface area contributed by atoms with Crippen LogP contribution >= 0.6 is 0 Å². The molecule has 0 amide bonds. The van der Waals surface area contributed by atoms with Crippen LogP contribution in [0.1, 0.15) is 5.56 Å². The Balaban J connectivity index is 1.76. The second kappa shape index (κ2) is 5.06. The minimum absolute atomic E-state index is 0.541. The maximum Gasteiger partial charge on any atom is 0.144 e. The summed E-state index contributed by atoms with van der Waals surface area (Å²) < 4.78 is 10.3. The van der Waals surface area contributed by atoms with Crippen LogP contribution in [0.4, 0.5) is 5.82 Å². The van der Waals surface area contributed by atoms with Gasteiger partial charge in [0.15, 0.2) is 0 Å². The smallest absolute Gasteiger partial charge is 0.144 e. The molecule has 82 valence electrons. The van der Waals surface area contributed by atoms with E-state index in [1.807, 2.05) is 11.1 Å². The number of pyridine rings is 1. The molecule has 0 aromatic carbocycles. The van der Waals surface area contributed by atoms with E-state index in [-0.39, 0.29) is 0 Å². The summed E-state index contributed by atoms with van der Waals surface area (Å²) in [5.41, 5.74) is 4.37. The highest BCUT2D eigenvalue weighted by atomic mass is 16.5. The SMILES string of the molecule is COCCOCN1Cc2cccnc2N1. The molecule has 0 fully saturated rings. The lowest BCUT2D eigenvalue weighted by Crippen LogP contribution is -2.27. The molecule has 15 heavy (non-hydrogen) atoms. The van der Waals surface area contributed by atoms with E-state index in [1.54, 1.807) is 13.3 Å². The van der Waals surface area contributed by atoms with Crippen LogP contribution in [-0.4, -0.2) is 37.0 Å². The molecule has 0 bridgehead atoms. The fraction of sp³-hybridized carbons (Fsp3) is 0.500. The van der Waals surface area contributed by atoms with E-state index >= 15 is 0 Å². The molecule has 0 saturated heterocycles. The first kappa shape index (κ1) is 10.4. The van der Waals surface area contributed by atoms with Crippen molar-refractivity contribution in [2.75, 3.05) is 32.5 Å². The van der Waals surface area contributed by atoms with Gasteiger partial charge in [-0.25, -0.2) is 4.98 Å². The van der Waals surface area contributed by atoms with Gasteiger partial charge in [-0.3, -0.25) is 0 Å². The van der Waals surface area contributed by atoms with Gasteiger partial charge in [-0.15, -0.1) is 0 Å². The minimum atomic E-state index is 0.541. The highest BCUT2D eigenvalue weighted by Crippen LogP contribution is 2.21. The number of fused-ring (bicyclic) bond motifs is 1. The number of hydrogen-bond acceptors (Lipinski definition) is 5. The van der Waals surface area contributed by atoms with Gasteiger partial charge >= 0.3 is 0 Å². The molecule has 1 aliphatic heterocycles. The summed E-state index contributed by atoms with van der Waals surface area (Å²) in [5.74, 6) is 0.924. The van der Waals surface area contributed by atoms with Crippen molar-refractivity contribution in [2.24, 2.45) is 0 Å². The van der Waals surface area contributed by atoms with Crippen LogP contribution < -0.4 is 5.43 Å². The van der Waals surface area contributed by atoms with E-state index in [0.717, 1.165) is 12.4 Å². The van der Waals surface area contributed by atoms with Crippen LogP contribution in [0.15, 0.2) is 18.3 Å². The zero-order valence-electron chi connectivity index (χ0n) is 8.77. The number of nitrogens with zero attached hydrogens (tertiary/aromatic N) is 2. The molecular weight excluding hydrogens is 194 g/mol. The van der Waals surface area contributed by atoms with E-state index in [2.05, 4.69) is 16.5 Å². The zero-order valence-corrected chi connectivity index (χ0v) is 8.77. The third-order valence-corrected chi connectivity index (χ3v) is 2.20. The zero-order chi connectivity index (χ0) is 10.5. The first-order chi connectivity index (χ1) is 7.40. The molecule has 1 N–H and O–H groups in total. The molecule has 1 aromatic heterocycles. The lowest BCUT2D eigenvalue weighted by atomic mass is 10.3. The topological polar surface area (TPSA) is 46.6 Å². The van der Waals surface area contributed by atoms with Crippen LogP contribution in [0, 0.1) is 0 Å². The van der Waals surface area contributed by atoms with Crippen molar-refractivity contribution < 1.29 is 9.47 Å². The molecule has 0 atom stereocenters. The Kier molecular flexibility index (Phi) is 3.49. The number of nitrogens with one attached hydrogen (secondary N) is 1. The van der Waals surface area contributed by atoms with Gasteiger partial charge in [0.25, 0.3) is 0 Å². The number of hydrogen-bond donors (Lipinski definition) is 1. The number of rotatable bonds is 5. The fourth-order valence-corrected chi connectivity index (χ4v) is 1.46. The maximum absolute atomic E-state index is 5.40. The molecule has 0 unspecified atom stereocenters. The summed E-state index contributed by atoms with van der Waals surface area (Å²) in [6.45, 7) is 2.60. The van der Waals surface area contributed by atoms with E-state index in [4.69, 9.17) is 9.47 Å². The number of ether oxygens (including phenoxy) is 2.